The molecule has 0 bridgehead atoms. The summed E-state index contributed by atoms with van der Waals surface area (Å²) in [6.45, 7) is -0.171. The van der Waals surface area contributed by atoms with Crippen molar-refractivity contribution >= 4 is 17.5 Å². The highest BCUT2D eigenvalue weighted by Crippen LogP contribution is 2.30. The quantitative estimate of drug-likeness (QED) is 0.412. The Balaban J connectivity index is 1.36. The van der Waals surface area contributed by atoms with E-state index in [1.54, 1.807) is 29.2 Å². The predicted molar refractivity (Wildman–Crippen MR) is 110 cm³/mol. The standard InChI is InChI=1S/C20H16ClN7O4/c21-14-5-2-1-4-13(14)19-25-24-15(31-19)10-27(12-6-7-12)16(29)11-28-18(26-32-20(28)30)17-22-8-3-9-23-17/h1-5,8-9,12H,6-7,10-11H2. The number of halogens is 1. The van der Waals surface area contributed by atoms with Crippen LogP contribution in [0.25, 0.3) is 23.1 Å². The summed E-state index contributed by atoms with van der Waals surface area (Å²) < 4.78 is 11.6. The van der Waals surface area contributed by atoms with Gasteiger partial charge in [-0.2, -0.15) is 0 Å². The lowest BCUT2D eigenvalue weighted by molar-refractivity contribution is -0.133. The second-order valence-electron chi connectivity index (χ2n) is 7.16. The average molecular weight is 454 g/mol. The van der Waals surface area contributed by atoms with Gasteiger partial charge >= 0.3 is 5.76 Å². The second kappa shape index (κ2) is 8.35. The molecule has 0 atom stereocenters. The van der Waals surface area contributed by atoms with E-state index < -0.39 is 5.76 Å². The molecule has 1 amide bonds. The van der Waals surface area contributed by atoms with E-state index >= 15 is 0 Å². The summed E-state index contributed by atoms with van der Waals surface area (Å²) in [5.74, 6) is -0.274. The molecule has 1 fully saturated rings. The van der Waals surface area contributed by atoms with Crippen LogP contribution in [-0.2, 0) is 17.9 Å². The summed E-state index contributed by atoms with van der Waals surface area (Å²) in [5.41, 5.74) is 0.612. The fourth-order valence-electron chi connectivity index (χ4n) is 3.22. The Morgan fingerprint density at radius 2 is 1.94 bits per heavy atom. The molecule has 1 saturated carbocycles. The zero-order valence-corrected chi connectivity index (χ0v) is 17.3. The minimum Gasteiger partial charge on any atom is -0.419 e. The van der Waals surface area contributed by atoms with Crippen LogP contribution in [0.4, 0.5) is 0 Å². The lowest BCUT2D eigenvalue weighted by Crippen LogP contribution is -2.37. The van der Waals surface area contributed by atoms with Crippen LogP contribution < -0.4 is 5.76 Å². The van der Waals surface area contributed by atoms with Gasteiger partial charge in [0.25, 0.3) is 0 Å². The van der Waals surface area contributed by atoms with Gasteiger partial charge < -0.3 is 9.32 Å². The molecule has 1 aliphatic carbocycles. The fourth-order valence-corrected chi connectivity index (χ4v) is 3.44. The van der Waals surface area contributed by atoms with Gasteiger partial charge in [0, 0.05) is 18.4 Å². The average Bonchev–Trinajstić information content (AvgIpc) is 3.44. The van der Waals surface area contributed by atoms with Gasteiger partial charge in [0.05, 0.1) is 17.1 Å². The van der Waals surface area contributed by atoms with Gasteiger partial charge in [-0.05, 0) is 31.0 Å². The molecule has 12 heteroatoms. The van der Waals surface area contributed by atoms with Crippen LogP contribution in [0.2, 0.25) is 5.02 Å². The molecule has 1 aliphatic rings. The van der Waals surface area contributed by atoms with Crippen LogP contribution in [0.15, 0.2) is 56.5 Å². The third-order valence-electron chi connectivity index (χ3n) is 4.93. The van der Waals surface area contributed by atoms with E-state index in [1.165, 1.54) is 12.4 Å². The van der Waals surface area contributed by atoms with Crippen LogP contribution in [0, 0.1) is 0 Å². The van der Waals surface area contributed by atoms with Gasteiger partial charge in [-0.3, -0.25) is 9.32 Å². The van der Waals surface area contributed by atoms with E-state index in [2.05, 4.69) is 25.3 Å². The summed E-state index contributed by atoms with van der Waals surface area (Å²) in [6, 6.07) is 8.78. The van der Waals surface area contributed by atoms with Gasteiger partial charge in [-0.25, -0.2) is 19.3 Å². The van der Waals surface area contributed by atoms with Gasteiger partial charge in [0.2, 0.25) is 23.5 Å². The topological polar surface area (TPSA) is 133 Å². The van der Waals surface area contributed by atoms with E-state index in [0.29, 0.717) is 10.6 Å². The van der Waals surface area contributed by atoms with Crippen molar-refractivity contribution in [2.75, 3.05) is 0 Å². The normalized spacial score (nSPS) is 13.3. The van der Waals surface area contributed by atoms with Crippen LogP contribution in [0.3, 0.4) is 0 Å². The Labute approximate surface area is 185 Å². The molecule has 3 heterocycles. The molecule has 0 N–H and O–H groups in total. The molecule has 11 nitrogen and oxygen atoms in total. The van der Waals surface area contributed by atoms with E-state index in [4.69, 9.17) is 20.5 Å². The molecule has 162 valence electrons. The lowest BCUT2D eigenvalue weighted by atomic mass is 10.2. The van der Waals surface area contributed by atoms with Gasteiger partial charge in [-0.1, -0.05) is 28.9 Å². The number of hydrogen-bond donors (Lipinski definition) is 0. The minimum absolute atomic E-state index is 0.0325. The molecule has 4 aromatic rings. The first kappa shape index (κ1) is 20.1. The van der Waals surface area contributed by atoms with Crippen molar-refractivity contribution < 1.29 is 13.7 Å². The van der Waals surface area contributed by atoms with Crippen LogP contribution in [0.1, 0.15) is 18.7 Å². The molecular weight excluding hydrogens is 438 g/mol. The molecular formula is C20H16ClN7O4. The third-order valence-corrected chi connectivity index (χ3v) is 5.26. The molecule has 3 aromatic heterocycles. The van der Waals surface area contributed by atoms with E-state index in [0.717, 1.165) is 17.4 Å². The number of carbonyl (C=O) groups excluding carboxylic acids is 1. The van der Waals surface area contributed by atoms with E-state index in [1.807, 2.05) is 6.07 Å². The summed E-state index contributed by atoms with van der Waals surface area (Å²) in [6.07, 6.45) is 4.72. The molecule has 0 aliphatic heterocycles. The molecule has 0 unspecified atom stereocenters. The smallest absolute Gasteiger partial charge is 0.419 e. The number of hydrogen-bond acceptors (Lipinski definition) is 9. The number of rotatable bonds is 7. The van der Waals surface area contributed by atoms with Crippen LogP contribution in [0.5, 0.6) is 0 Å². The summed E-state index contributed by atoms with van der Waals surface area (Å²) in [5, 5.41) is 12.3. The Hall–Kier alpha value is -3.86. The molecule has 0 spiro atoms. The van der Waals surface area contributed by atoms with Crippen molar-refractivity contribution in [3.63, 3.8) is 0 Å². The van der Waals surface area contributed by atoms with E-state index in [-0.39, 0.29) is 48.5 Å². The predicted octanol–water partition coefficient (Wildman–Crippen LogP) is 2.19. The summed E-state index contributed by atoms with van der Waals surface area (Å²) in [7, 11) is 0. The Kier molecular flexibility index (Phi) is 5.23. The maximum Gasteiger partial charge on any atom is 0.442 e. The Bertz CT molecular complexity index is 1310. The van der Waals surface area contributed by atoms with Crippen LogP contribution in [-0.4, -0.2) is 46.7 Å². The van der Waals surface area contributed by atoms with Crippen molar-refractivity contribution in [3.8, 4) is 23.1 Å². The Morgan fingerprint density at radius 3 is 2.69 bits per heavy atom. The number of nitrogens with zero attached hydrogens (tertiary/aromatic N) is 7. The van der Waals surface area contributed by atoms with E-state index in [9.17, 15) is 9.59 Å². The highest BCUT2D eigenvalue weighted by Gasteiger charge is 2.34. The lowest BCUT2D eigenvalue weighted by Gasteiger charge is -2.20. The van der Waals surface area contributed by atoms with Gasteiger partial charge in [-0.15, -0.1) is 10.2 Å². The highest BCUT2D eigenvalue weighted by molar-refractivity contribution is 6.33. The summed E-state index contributed by atoms with van der Waals surface area (Å²) in [4.78, 5) is 35.0. The molecule has 5 rings (SSSR count). The number of carbonyl (C=O) groups is 1. The van der Waals surface area contributed by atoms with Crippen molar-refractivity contribution in [1.82, 2.24) is 34.8 Å². The fraction of sp³-hybridized carbons (Fsp3) is 0.250. The van der Waals surface area contributed by atoms with Crippen molar-refractivity contribution in [1.29, 1.82) is 0 Å². The van der Waals surface area contributed by atoms with Crippen molar-refractivity contribution in [2.24, 2.45) is 0 Å². The van der Waals surface area contributed by atoms with Gasteiger partial charge in [0.1, 0.15) is 6.54 Å². The number of amides is 1. The van der Waals surface area contributed by atoms with Crippen molar-refractivity contribution in [2.45, 2.75) is 32.0 Å². The molecule has 0 saturated heterocycles. The minimum atomic E-state index is -0.768. The first-order valence-corrected chi connectivity index (χ1v) is 10.2. The largest absolute Gasteiger partial charge is 0.442 e. The SMILES string of the molecule is O=C(Cn1c(-c2ncccn2)noc1=O)N(Cc1nnc(-c2ccccc2Cl)o1)C1CC1. The molecule has 32 heavy (non-hydrogen) atoms. The zero-order chi connectivity index (χ0) is 22.1. The first-order valence-electron chi connectivity index (χ1n) is 9.81. The number of benzene rings is 1. The monoisotopic (exact) mass is 453 g/mol. The second-order valence-corrected chi connectivity index (χ2v) is 7.57. The number of aromatic nitrogens is 6. The van der Waals surface area contributed by atoms with Crippen molar-refractivity contribution in [3.05, 3.63) is 64.2 Å². The third kappa shape index (κ3) is 4.02. The maximum atomic E-state index is 13.1. The van der Waals surface area contributed by atoms with Gasteiger partial charge in [0.15, 0.2) is 5.82 Å². The van der Waals surface area contributed by atoms with Crippen LogP contribution >= 0.6 is 11.6 Å². The molecule has 0 radical (unpaired) electrons. The summed E-state index contributed by atoms with van der Waals surface area (Å²) >= 11 is 6.19. The zero-order valence-electron chi connectivity index (χ0n) is 16.6. The first-order chi connectivity index (χ1) is 15.6. The Morgan fingerprint density at radius 1 is 1.16 bits per heavy atom. The highest BCUT2D eigenvalue weighted by atomic mass is 35.5. The maximum absolute atomic E-state index is 13.1. The molecule has 1 aromatic carbocycles.